The summed E-state index contributed by atoms with van der Waals surface area (Å²) >= 11 is 6.38. The summed E-state index contributed by atoms with van der Waals surface area (Å²) < 4.78 is 0. The van der Waals surface area contributed by atoms with E-state index >= 15 is 0 Å². The van der Waals surface area contributed by atoms with Gasteiger partial charge in [-0.25, -0.2) is 0 Å². The molecule has 3 N–H and O–H groups in total. The van der Waals surface area contributed by atoms with Crippen LogP contribution in [0.2, 0.25) is 5.02 Å². The molecule has 1 aliphatic rings. The molecular formula is C15H22ClN3O. The van der Waals surface area contributed by atoms with Gasteiger partial charge in [-0.1, -0.05) is 31.9 Å². The molecule has 2 atom stereocenters. The van der Waals surface area contributed by atoms with Crippen molar-refractivity contribution in [3.63, 3.8) is 0 Å². The molecule has 0 spiro atoms. The maximum atomic E-state index is 11.6. The molecule has 0 saturated heterocycles. The largest absolute Gasteiger partial charge is 0.370 e. The Morgan fingerprint density at radius 1 is 1.45 bits per heavy atom. The lowest BCUT2D eigenvalue weighted by molar-refractivity contribution is -0.116. The molecule has 0 fully saturated rings. The van der Waals surface area contributed by atoms with Crippen LogP contribution in [0.1, 0.15) is 38.8 Å². The zero-order chi connectivity index (χ0) is 14.9. The summed E-state index contributed by atoms with van der Waals surface area (Å²) in [5.41, 5.74) is 8.36. The van der Waals surface area contributed by atoms with Crippen molar-refractivity contribution < 1.29 is 4.79 Å². The Balaban J connectivity index is 2.33. The Labute approximate surface area is 125 Å². The first kappa shape index (κ1) is 15.1. The van der Waals surface area contributed by atoms with Crippen molar-refractivity contribution in [1.29, 1.82) is 0 Å². The summed E-state index contributed by atoms with van der Waals surface area (Å²) in [6, 6.07) is 3.14. The number of benzene rings is 1. The summed E-state index contributed by atoms with van der Waals surface area (Å²) in [6.07, 6.45) is 1.13. The number of halogens is 1. The van der Waals surface area contributed by atoms with E-state index in [1.54, 1.807) is 0 Å². The maximum absolute atomic E-state index is 11.6. The smallest absolute Gasteiger partial charge is 0.245 e. The lowest BCUT2D eigenvalue weighted by Gasteiger charge is -2.27. The van der Waals surface area contributed by atoms with Gasteiger partial charge in [0.05, 0.1) is 10.7 Å². The monoisotopic (exact) mass is 295 g/mol. The number of carbonyl (C=O) groups is 1. The van der Waals surface area contributed by atoms with E-state index in [2.05, 4.69) is 31.0 Å². The van der Waals surface area contributed by atoms with Crippen molar-refractivity contribution in [3.8, 4) is 0 Å². The minimum atomic E-state index is -0.610. The van der Waals surface area contributed by atoms with Crippen LogP contribution in [-0.2, 0) is 4.79 Å². The van der Waals surface area contributed by atoms with Gasteiger partial charge in [-0.3, -0.25) is 4.79 Å². The van der Waals surface area contributed by atoms with Crippen LogP contribution >= 0.6 is 11.6 Å². The van der Waals surface area contributed by atoms with Gasteiger partial charge >= 0.3 is 0 Å². The number of hydrogen-bond acceptors (Lipinski definition) is 3. The summed E-state index contributed by atoms with van der Waals surface area (Å²) in [5.74, 6) is 0.425. The van der Waals surface area contributed by atoms with E-state index in [4.69, 9.17) is 17.3 Å². The number of nitrogens with one attached hydrogen (secondary N) is 1. The van der Waals surface area contributed by atoms with Crippen molar-refractivity contribution in [2.75, 3.05) is 23.3 Å². The molecule has 1 aliphatic heterocycles. The summed E-state index contributed by atoms with van der Waals surface area (Å²) in [7, 11) is 0. The van der Waals surface area contributed by atoms with Gasteiger partial charge in [0.15, 0.2) is 0 Å². The van der Waals surface area contributed by atoms with Crippen LogP contribution in [0.25, 0.3) is 0 Å². The molecule has 5 heteroatoms. The van der Waals surface area contributed by atoms with E-state index < -0.39 is 6.04 Å². The van der Waals surface area contributed by atoms with Gasteiger partial charge < -0.3 is 16.0 Å². The SMILES string of the molecule is CCC(C)CN(CC)c1cc2c(cc1Cl)C(N)C(=O)N2. The van der Waals surface area contributed by atoms with Gasteiger partial charge in [0, 0.05) is 24.3 Å². The highest BCUT2D eigenvalue weighted by Gasteiger charge is 2.29. The van der Waals surface area contributed by atoms with Crippen LogP contribution in [0.4, 0.5) is 11.4 Å². The van der Waals surface area contributed by atoms with Crippen LogP contribution in [0.15, 0.2) is 12.1 Å². The van der Waals surface area contributed by atoms with E-state index in [1.807, 2.05) is 12.1 Å². The molecular weight excluding hydrogens is 274 g/mol. The van der Waals surface area contributed by atoms with Crippen LogP contribution in [0.5, 0.6) is 0 Å². The number of fused-ring (bicyclic) bond motifs is 1. The Kier molecular flexibility index (Phi) is 4.55. The summed E-state index contributed by atoms with van der Waals surface area (Å²) in [5, 5.41) is 3.47. The minimum absolute atomic E-state index is 0.168. The fourth-order valence-corrected chi connectivity index (χ4v) is 2.73. The molecule has 1 aromatic carbocycles. The van der Waals surface area contributed by atoms with Crippen molar-refractivity contribution in [2.45, 2.75) is 33.2 Å². The lowest BCUT2D eigenvalue weighted by atomic mass is 10.1. The van der Waals surface area contributed by atoms with E-state index in [0.717, 1.165) is 36.4 Å². The van der Waals surface area contributed by atoms with E-state index in [9.17, 15) is 4.79 Å². The maximum Gasteiger partial charge on any atom is 0.245 e. The van der Waals surface area contributed by atoms with Crippen LogP contribution in [0, 0.1) is 5.92 Å². The third-order valence-corrected chi connectivity index (χ3v) is 4.25. The molecule has 1 heterocycles. The fraction of sp³-hybridized carbons (Fsp3) is 0.533. The van der Waals surface area contributed by atoms with E-state index in [0.29, 0.717) is 10.9 Å². The number of nitrogens with zero attached hydrogens (tertiary/aromatic N) is 1. The molecule has 0 saturated carbocycles. The molecule has 0 aromatic heterocycles. The number of hydrogen-bond donors (Lipinski definition) is 2. The standard InChI is InChI=1S/C15H22ClN3O/c1-4-9(3)8-19(5-2)13-7-12-10(6-11(13)16)14(17)15(20)18-12/h6-7,9,14H,4-5,8,17H2,1-3H3,(H,18,20). The first-order valence-corrected chi connectivity index (χ1v) is 7.50. The second-order valence-corrected chi connectivity index (χ2v) is 5.82. The molecule has 1 aromatic rings. The molecule has 0 bridgehead atoms. The number of carbonyl (C=O) groups excluding carboxylic acids is 1. The highest BCUT2D eigenvalue weighted by Crippen LogP contribution is 2.38. The molecule has 4 nitrogen and oxygen atoms in total. The predicted molar refractivity (Wildman–Crippen MR) is 84.4 cm³/mol. The van der Waals surface area contributed by atoms with Gasteiger partial charge in [-0.05, 0) is 25.0 Å². The van der Waals surface area contributed by atoms with E-state index in [-0.39, 0.29) is 5.91 Å². The first-order chi connectivity index (χ1) is 9.47. The Bertz CT molecular complexity index is 518. The molecule has 1 amide bonds. The Morgan fingerprint density at radius 3 is 2.75 bits per heavy atom. The van der Waals surface area contributed by atoms with Gasteiger partial charge in [0.2, 0.25) is 5.91 Å². The van der Waals surface area contributed by atoms with Crippen molar-refractivity contribution in [3.05, 3.63) is 22.7 Å². The Hall–Kier alpha value is -1.26. The van der Waals surface area contributed by atoms with Gasteiger partial charge in [-0.15, -0.1) is 0 Å². The summed E-state index contributed by atoms with van der Waals surface area (Å²) in [6.45, 7) is 8.34. The third kappa shape index (κ3) is 2.76. The molecule has 0 radical (unpaired) electrons. The van der Waals surface area contributed by atoms with Crippen molar-refractivity contribution >= 4 is 28.9 Å². The molecule has 2 unspecified atom stereocenters. The second-order valence-electron chi connectivity index (χ2n) is 5.41. The third-order valence-electron chi connectivity index (χ3n) is 3.95. The van der Waals surface area contributed by atoms with Gasteiger partial charge in [0.1, 0.15) is 6.04 Å². The number of amides is 1. The fourth-order valence-electron chi connectivity index (χ4n) is 2.44. The summed E-state index contributed by atoms with van der Waals surface area (Å²) in [4.78, 5) is 13.9. The highest BCUT2D eigenvalue weighted by atomic mass is 35.5. The number of nitrogens with two attached hydrogens (primary N) is 1. The van der Waals surface area contributed by atoms with Crippen molar-refractivity contribution in [1.82, 2.24) is 0 Å². The average molecular weight is 296 g/mol. The second kappa shape index (κ2) is 6.02. The predicted octanol–water partition coefficient (Wildman–Crippen LogP) is 3.16. The zero-order valence-electron chi connectivity index (χ0n) is 12.2. The Morgan fingerprint density at radius 2 is 2.15 bits per heavy atom. The average Bonchev–Trinajstić information content (AvgIpc) is 2.70. The molecule has 20 heavy (non-hydrogen) atoms. The zero-order valence-corrected chi connectivity index (χ0v) is 13.0. The quantitative estimate of drug-likeness (QED) is 0.877. The van der Waals surface area contributed by atoms with Crippen LogP contribution < -0.4 is 16.0 Å². The van der Waals surface area contributed by atoms with Crippen LogP contribution in [-0.4, -0.2) is 19.0 Å². The molecule has 0 aliphatic carbocycles. The number of anilines is 2. The molecule has 2 rings (SSSR count). The minimum Gasteiger partial charge on any atom is -0.370 e. The van der Waals surface area contributed by atoms with Gasteiger partial charge in [-0.2, -0.15) is 0 Å². The lowest BCUT2D eigenvalue weighted by Crippen LogP contribution is -2.28. The van der Waals surface area contributed by atoms with Crippen molar-refractivity contribution in [2.24, 2.45) is 11.7 Å². The van der Waals surface area contributed by atoms with E-state index in [1.165, 1.54) is 0 Å². The first-order valence-electron chi connectivity index (χ1n) is 7.12. The topological polar surface area (TPSA) is 58.4 Å². The normalized spacial score (nSPS) is 18.6. The van der Waals surface area contributed by atoms with Crippen LogP contribution in [0.3, 0.4) is 0 Å². The number of rotatable bonds is 5. The molecule has 110 valence electrons. The highest BCUT2D eigenvalue weighted by molar-refractivity contribution is 6.33. The van der Waals surface area contributed by atoms with Gasteiger partial charge in [0.25, 0.3) is 0 Å².